The molecule has 2 nitrogen and oxygen atoms in total. The number of aryl methyl sites for hydroxylation is 2. The van der Waals surface area contributed by atoms with Crippen LogP contribution in [0.25, 0.3) is 0 Å². The SMILES string of the molecule is CCCc1cc(Br)c(C#N)nc1C. The maximum atomic E-state index is 8.72. The Morgan fingerprint density at radius 1 is 1.62 bits per heavy atom. The van der Waals surface area contributed by atoms with Crippen molar-refractivity contribution in [2.24, 2.45) is 0 Å². The molecule has 0 bridgehead atoms. The van der Waals surface area contributed by atoms with Gasteiger partial charge in [0.05, 0.1) is 4.47 Å². The lowest BCUT2D eigenvalue weighted by Crippen LogP contribution is -1.96. The Labute approximate surface area is 86.7 Å². The smallest absolute Gasteiger partial charge is 0.154 e. The lowest BCUT2D eigenvalue weighted by atomic mass is 10.1. The molecule has 0 radical (unpaired) electrons. The molecule has 0 unspecified atom stereocenters. The molecule has 0 aliphatic carbocycles. The van der Waals surface area contributed by atoms with E-state index in [1.807, 2.05) is 19.1 Å². The van der Waals surface area contributed by atoms with Crippen LogP contribution >= 0.6 is 15.9 Å². The number of halogens is 1. The number of pyridine rings is 1. The average Bonchev–Trinajstić information content (AvgIpc) is 2.11. The zero-order chi connectivity index (χ0) is 9.84. The molecule has 0 aliphatic rings. The summed E-state index contributed by atoms with van der Waals surface area (Å²) in [6.07, 6.45) is 2.12. The van der Waals surface area contributed by atoms with E-state index in [0.29, 0.717) is 5.69 Å². The molecule has 1 aromatic heterocycles. The van der Waals surface area contributed by atoms with Gasteiger partial charge in [-0.1, -0.05) is 13.3 Å². The molecule has 0 saturated carbocycles. The first-order chi connectivity index (χ1) is 6.19. The summed E-state index contributed by atoms with van der Waals surface area (Å²) in [4.78, 5) is 4.20. The molecule has 1 rings (SSSR count). The third-order valence-electron chi connectivity index (χ3n) is 1.90. The van der Waals surface area contributed by atoms with E-state index in [4.69, 9.17) is 5.26 Å². The van der Waals surface area contributed by atoms with Crippen LogP contribution in [0.2, 0.25) is 0 Å². The maximum absolute atomic E-state index is 8.72. The van der Waals surface area contributed by atoms with Crippen LogP contribution in [0.5, 0.6) is 0 Å². The highest BCUT2D eigenvalue weighted by atomic mass is 79.9. The summed E-state index contributed by atoms with van der Waals surface area (Å²) < 4.78 is 0.795. The highest BCUT2D eigenvalue weighted by Gasteiger charge is 2.05. The van der Waals surface area contributed by atoms with Crippen molar-refractivity contribution in [2.75, 3.05) is 0 Å². The molecule has 68 valence electrons. The first kappa shape index (κ1) is 10.2. The summed E-state index contributed by atoms with van der Waals surface area (Å²) in [7, 11) is 0. The highest BCUT2D eigenvalue weighted by molar-refractivity contribution is 9.10. The number of nitrogens with zero attached hydrogens (tertiary/aromatic N) is 2. The molecule has 0 atom stereocenters. The van der Waals surface area contributed by atoms with Crippen LogP contribution in [-0.4, -0.2) is 4.98 Å². The van der Waals surface area contributed by atoms with Crippen LogP contribution in [0, 0.1) is 18.3 Å². The van der Waals surface area contributed by atoms with Crippen molar-refractivity contribution in [3.8, 4) is 6.07 Å². The van der Waals surface area contributed by atoms with Crippen LogP contribution in [-0.2, 0) is 6.42 Å². The number of nitriles is 1. The second kappa shape index (κ2) is 4.38. The average molecular weight is 239 g/mol. The van der Waals surface area contributed by atoms with E-state index in [2.05, 4.69) is 27.8 Å². The standard InChI is InChI=1S/C10H11BrN2/c1-3-4-8-5-9(11)10(6-12)13-7(8)2/h5H,3-4H2,1-2H3. The van der Waals surface area contributed by atoms with E-state index in [-0.39, 0.29) is 0 Å². The van der Waals surface area contributed by atoms with Crippen molar-refractivity contribution in [3.63, 3.8) is 0 Å². The first-order valence-corrected chi connectivity index (χ1v) is 5.04. The third-order valence-corrected chi connectivity index (χ3v) is 2.50. The van der Waals surface area contributed by atoms with Crippen molar-refractivity contribution in [1.82, 2.24) is 4.98 Å². The minimum Gasteiger partial charge on any atom is -0.241 e. The van der Waals surface area contributed by atoms with E-state index in [1.54, 1.807) is 0 Å². The minimum atomic E-state index is 0.470. The van der Waals surface area contributed by atoms with E-state index in [0.717, 1.165) is 23.0 Å². The Morgan fingerprint density at radius 3 is 2.85 bits per heavy atom. The van der Waals surface area contributed by atoms with Crippen molar-refractivity contribution < 1.29 is 0 Å². The van der Waals surface area contributed by atoms with Gasteiger partial charge in [-0.05, 0) is 40.9 Å². The molecular weight excluding hydrogens is 228 g/mol. The lowest BCUT2D eigenvalue weighted by molar-refractivity contribution is 0.894. The van der Waals surface area contributed by atoms with Crippen LogP contribution < -0.4 is 0 Å². The van der Waals surface area contributed by atoms with Crippen LogP contribution in [0.3, 0.4) is 0 Å². The fourth-order valence-corrected chi connectivity index (χ4v) is 1.67. The number of aromatic nitrogens is 1. The van der Waals surface area contributed by atoms with Gasteiger partial charge in [-0.3, -0.25) is 0 Å². The van der Waals surface area contributed by atoms with Gasteiger partial charge in [-0.15, -0.1) is 0 Å². The van der Waals surface area contributed by atoms with Crippen molar-refractivity contribution >= 4 is 15.9 Å². The summed E-state index contributed by atoms with van der Waals surface area (Å²) in [5, 5.41) is 8.72. The molecule has 0 amide bonds. The molecule has 1 aromatic rings. The molecule has 1 heterocycles. The van der Waals surface area contributed by atoms with Crippen LogP contribution in [0.4, 0.5) is 0 Å². The van der Waals surface area contributed by atoms with E-state index >= 15 is 0 Å². The van der Waals surface area contributed by atoms with Gasteiger partial charge in [0.2, 0.25) is 0 Å². The van der Waals surface area contributed by atoms with Crippen LogP contribution in [0.15, 0.2) is 10.5 Å². The van der Waals surface area contributed by atoms with Gasteiger partial charge in [0.15, 0.2) is 5.69 Å². The zero-order valence-electron chi connectivity index (χ0n) is 7.76. The largest absolute Gasteiger partial charge is 0.241 e. The Kier molecular flexibility index (Phi) is 3.44. The Bertz CT molecular complexity index is 353. The molecule has 0 spiro atoms. The zero-order valence-corrected chi connectivity index (χ0v) is 9.35. The normalized spacial score (nSPS) is 9.69. The topological polar surface area (TPSA) is 36.7 Å². The fourth-order valence-electron chi connectivity index (χ4n) is 1.22. The highest BCUT2D eigenvalue weighted by Crippen LogP contribution is 2.19. The Balaban J connectivity index is 3.14. The molecule has 0 aliphatic heterocycles. The molecule has 3 heteroatoms. The summed E-state index contributed by atoms with van der Waals surface area (Å²) in [5.74, 6) is 0. The lowest BCUT2D eigenvalue weighted by Gasteiger charge is -2.04. The van der Waals surface area contributed by atoms with Crippen molar-refractivity contribution in [3.05, 3.63) is 27.5 Å². The van der Waals surface area contributed by atoms with Crippen molar-refractivity contribution in [2.45, 2.75) is 26.7 Å². The summed E-state index contributed by atoms with van der Waals surface area (Å²) in [5.41, 5.74) is 2.65. The van der Waals surface area contributed by atoms with Gasteiger partial charge >= 0.3 is 0 Å². The molecule has 0 saturated heterocycles. The predicted molar refractivity (Wildman–Crippen MR) is 55.4 cm³/mol. The molecule has 0 fully saturated rings. The van der Waals surface area contributed by atoms with Gasteiger partial charge in [-0.2, -0.15) is 5.26 Å². The molecule has 0 N–H and O–H groups in total. The third kappa shape index (κ3) is 2.28. The Hall–Kier alpha value is -0.880. The summed E-state index contributed by atoms with van der Waals surface area (Å²) in [6, 6.07) is 4.04. The second-order valence-corrected chi connectivity index (χ2v) is 3.78. The first-order valence-electron chi connectivity index (χ1n) is 4.25. The van der Waals surface area contributed by atoms with Gasteiger partial charge in [0, 0.05) is 5.69 Å². The summed E-state index contributed by atoms with van der Waals surface area (Å²) >= 11 is 3.33. The van der Waals surface area contributed by atoms with Gasteiger partial charge in [0.1, 0.15) is 6.07 Å². The van der Waals surface area contributed by atoms with E-state index < -0.39 is 0 Å². The van der Waals surface area contributed by atoms with Gasteiger partial charge < -0.3 is 0 Å². The van der Waals surface area contributed by atoms with E-state index in [1.165, 1.54) is 5.56 Å². The number of hydrogen-bond acceptors (Lipinski definition) is 2. The quantitative estimate of drug-likeness (QED) is 0.795. The number of rotatable bonds is 2. The van der Waals surface area contributed by atoms with Crippen LogP contribution in [0.1, 0.15) is 30.3 Å². The monoisotopic (exact) mass is 238 g/mol. The van der Waals surface area contributed by atoms with Gasteiger partial charge in [0.25, 0.3) is 0 Å². The predicted octanol–water partition coefficient (Wildman–Crippen LogP) is 2.98. The minimum absolute atomic E-state index is 0.470. The fraction of sp³-hybridized carbons (Fsp3) is 0.400. The molecule has 13 heavy (non-hydrogen) atoms. The maximum Gasteiger partial charge on any atom is 0.154 e. The molecule has 0 aromatic carbocycles. The summed E-state index contributed by atoms with van der Waals surface area (Å²) in [6.45, 7) is 4.07. The second-order valence-electron chi connectivity index (χ2n) is 2.93. The Morgan fingerprint density at radius 2 is 2.31 bits per heavy atom. The van der Waals surface area contributed by atoms with Gasteiger partial charge in [-0.25, -0.2) is 4.98 Å². The van der Waals surface area contributed by atoms with Crippen molar-refractivity contribution in [1.29, 1.82) is 5.26 Å². The number of hydrogen-bond donors (Lipinski definition) is 0. The van der Waals surface area contributed by atoms with E-state index in [9.17, 15) is 0 Å². The molecular formula is C10H11BrN2.